The zero-order valence-corrected chi connectivity index (χ0v) is 15.4. The van der Waals surface area contributed by atoms with Gasteiger partial charge in [0.15, 0.2) is 9.84 Å². The van der Waals surface area contributed by atoms with Crippen LogP contribution in [0.1, 0.15) is 40.1 Å². The molecule has 0 radical (unpaired) electrons. The summed E-state index contributed by atoms with van der Waals surface area (Å²) in [6.07, 6.45) is 2.83. The van der Waals surface area contributed by atoms with E-state index in [0.717, 1.165) is 23.1 Å². The van der Waals surface area contributed by atoms with Gasteiger partial charge in [0, 0.05) is 25.1 Å². The quantitative estimate of drug-likeness (QED) is 0.854. The maximum atomic E-state index is 12.9. The molecule has 0 saturated heterocycles. The lowest BCUT2D eigenvalue weighted by atomic mass is 10.0. The van der Waals surface area contributed by atoms with Crippen molar-refractivity contribution < 1.29 is 13.2 Å². The fourth-order valence-corrected chi connectivity index (χ4v) is 3.17. The Morgan fingerprint density at radius 1 is 1.21 bits per heavy atom. The number of amides is 1. The summed E-state index contributed by atoms with van der Waals surface area (Å²) in [5.41, 5.74) is 2.75. The van der Waals surface area contributed by atoms with Gasteiger partial charge in [0.1, 0.15) is 0 Å². The minimum Gasteiger partial charge on any atom is -0.333 e. The van der Waals surface area contributed by atoms with E-state index in [1.54, 1.807) is 24.2 Å². The number of pyridine rings is 1. The van der Waals surface area contributed by atoms with E-state index in [1.165, 1.54) is 6.07 Å². The minimum atomic E-state index is -3.38. The van der Waals surface area contributed by atoms with E-state index in [-0.39, 0.29) is 16.8 Å². The minimum absolute atomic E-state index is 0.160. The second-order valence-corrected chi connectivity index (χ2v) is 8.05. The third-order valence-electron chi connectivity index (χ3n) is 4.32. The van der Waals surface area contributed by atoms with Crippen molar-refractivity contribution in [3.63, 3.8) is 0 Å². The van der Waals surface area contributed by atoms with Crippen LogP contribution in [0.2, 0.25) is 0 Å². The van der Waals surface area contributed by atoms with Gasteiger partial charge in [0.05, 0.1) is 16.6 Å². The monoisotopic (exact) mass is 346 g/mol. The Labute approximate surface area is 143 Å². The molecule has 5 nitrogen and oxygen atoms in total. The van der Waals surface area contributed by atoms with Gasteiger partial charge in [-0.2, -0.15) is 0 Å². The first-order valence-electron chi connectivity index (χ1n) is 7.62. The van der Waals surface area contributed by atoms with Crippen LogP contribution in [-0.2, 0) is 9.84 Å². The molecule has 1 amide bonds. The fourth-order valence-electron chi connectivity index (χ4n) is 2.45. The highest BCUT2D eigenvalue weighted by molar-refractivity contribution is 7.90. The number of aryl methyl sites for hydroxylation is 1. The van der Waals surface area contributed by atoms with E-state index in [4.69, 9.17) is 0 Å². The molecule has 1 atom stereocenters. The third-order valence-corrected chi connectivity index (χ3v) is 5.41. The molecule has 0 spiro atoms. The number of benzene rings is 1. The fraction of sp³-hybridized carbons (Fsp3) is 0.333. The summed E-state index contributed by atoms with van der Waals surface area (Å²) in [5.74, 6) is -0.223. The van der Waals surface area contributed by atoms with E-state index in [0.29, 0.717) is 5.56 Å². The predicted octanol–water partition coefficient (Wildman–Crippen LogP) is 2.94. The molecular weight excluding hydrogens is 324 g/mol. The first-order chi connectivity index (χ1) is 11.1. The van der Waals surface area contributed by atoms with Gasteiger partial charge in [-0.25, -0.2) is 8.42 Å². The molecule has 0 aliphatic carbocycles. The number of sulfone groups is 1. The molecule has 6 heteroatoms. The van der Waals surface area contributed by atoms with Gasteiger partial charge in [0.25, 0.3) is 5.91 Å². The lowest BCUT2D eigenvalue weighted by Crippen LogP contribution is -2.31. The Hall–Kier alpha value is -2.21. The molecule has 0 N–H and O–H groups in total. The highest BCUT2D eigenvalue weighted by Gasteiger charge is 2.23. The summed E-state index contributed by atoms with van der Waals surface area (Å²) in [6, 6.07) is 8.39. The molecular formula is C18H22N2O3S. The molecule has 0 aliphatic rings. The van der Waals surface area contributed by atoms with Crippen molar-refractivity contribution in [1.29, 1.82) is 0 Å². The second kappa shape index (κ2) is 6.73. The van der Waals surface area contributed by atoms with Crippen LogP contribution in [0.25, 0.3) is 0 Å². The summed E-state index contributed by atoms with van der Waals surface area (Å²) < 4.78 is 23.7. The molecule has 128 valence electrons. The normalized spacial score (nSPS) is 12.7. The van der Waals surface area contributed by atoms with Gasteiger partial charge in [-0.05, 0) is 56.2 Å². The molecule has 0 aliphatic heterocycles. The largest absolute Gasteiger partial charge is 0.333 e. The van der Waals surface area contributed by atoms with Gasteiger partial charge in [-0.3, -0.25) is 9.78 Å². The molecule has 1 heterocycles. The summed E-state index contributed by atoms with van der Waals surface area (Å²) in [4.78, 5) is 18.9. The molecule has 24 heavy (non-hydrogen) atoms. The Bertz CT molecular complexity index is 861. The van der Waals surface area contributed by atoms with Crippen molar-refractivity contribution in [2.75, 3.05) is 13.3 Å². The van der Waals surface area contributed by atoms with Gasteiger partial charge in [-0.15, -0.1) is 0 Å². The van der Waals surface area contributed by atoms with Crippen molar-refractivity contribution in [2.45, 2.75) is 31.7 Å². The Morgan fingerprint density at radius 3 is 2.42 bits per heavy atom. The van der Waals surface area contributed by atoms with Crippen molar-refractivity contribution in [3.05, 3.63) is 58.9 Å². The van der Waals surface area contributed by atoms with Crippen LogP contribution in [0.4, 0.5) is 0 Å². The van der Waals surface area contributed by atoms with E-state index in [2.05, 4.69) is 4.98 Å². The van der Waals surface area contributed by atoms with E-state index in [9.17, 15) is 13.2 Å². The van der Waals surface area contributed by atoms with Crippen LogP contribution in [0, 0.1) is 13.8 Å². The molecule has 1 aromatic carbocycles. The zero-order chi connectivity index (χ0) is 18.1. The summed E-state index contributed by atoms with van der Waals surface area (Å²) in [7, 11) is -1.68. The third kappa shape index (κ3) is 3.64. The van der Waals surface area contributed by atoms with Crippen molar-refractivity contribution in [1.82, 2.24) is 9.88 Å². The Balaban J connectivity index is 2.44. The summed E-state index contributed by atoms with van der Waals surface area (Å²) in [5, 5.41) is 0. The average molecular weight is 346 g/mol. The average Bonchev–Trinajstić information content (AvgIpc) is 2.55. The van der Waals surface area contributed by atoms with Crippen molar-refractivity contribution >= 4 is 15.7 Å². The van der Waals surface area contributed by atoms with Crippen LogP contribution in [0.5, 0.6) is 0 Å². The zero-order valence-electron chi connectivity index (χ0n) is 14.6. The standard InChI is InChI=1S/C18H22N2O3S/c1-12-10-15(24(5,22)23)11-16(13(12)2)18(21)20(4)14(3)17-8-6-7-9-19-17/h6-11,14H,1-5H3. The Kier molecular flexibility index (Phi) is 5.08. The molecule has 2 aromatic rings. The number of hydrogen-bond donors (Lipinski definition) is 0. The molecule has 0 saturated carbocycles. The van der Waals surface area contributed by atoms with Gasteiger partial charge >= 0.3 is 0 Å². The molecule has 1 aromatic heterocycles. The van der Waals surface area contributed by atoms with Gasteiger partial charge in [0.2, 0.25) is 0 Å². The molecule has 2 rings (SSSR count). The molecule has 0 fully saturated rings. The van der Waals surface area contributed by atoms with Crippen LogP contribution in [-0.4, -0.2) is 37.5 Å². The SMILES string of the molecule is Cc1cc(S(C)(=O)=O)cc(C(=O)N(C)C(C)c2ccccn2)c1C. The number of aromatic nitrogens is 1. The summed E-state index contributed by atoms with van der Waals surface area (Å²) >= 11 is 0. The van der Waals surface area contributed by atoms with Crippen LogP contribution in [0.3, 0.4) is 0 Å². The first-order valence-corrected chi connectivity index (χ1v) is 9.51. The van der Waals surface area contributed by atoms with E-state index >= 15 is 0 Å². The number of carbonyl (C=O) groups is 1. The highest BCUT2D eigenvalue weighted by Crippen LogP contribution is 2.24. The van der Waals surface area contributed by atoms with E-state index in [1.807, 2.05) is 39.0 Å². The predicted molar refractivity (Wildman–Crippen MR) is 93.8 cm³/mol. The summed E-state index contributed by atoms with van der Waals surface area (Å²) in [6.45, 7) is 5.53. The van der Waals surface area contributed by atoms with Gasteiger partial charge in [-0.1, -0.05) is 6.07 Å². The van der Waals surface area contributed by atoms with E-state index < -0.39 is 9.84 Å². The Morgan fingerprint density at radius 2 is 1.88 bits per heavy atom. The maximum absolute atomic E-state index is 12.9. The smallest absolute Gasteiger partial charge is 0.254 e. The topological polar surface area (TPSA) is 67.3 Å². The number of hydrogen-bond acceptors (Lipinski definition) is 4. The van der Waals surface area contributed by atoms with Crippen LogP contribution < -0.4 is 0 Å². The highest BCUT2D eigenvalue weighted by atomic mass is 32.2. The molecule has 0 bridgehead atoms. The van der Waals surface area contributed by atoms with Crippen LogP contribution in [0.15, 0.2) is 41.4 Å². The lowest BCUT2D eigenvalue weighted by molar-refractivity contribution is 0.0738. The van der Waals surface area contributed by atoms with Gasteiger partial charge < -0.3 is 4.90 Å². The van der Waals surface area contributed by atoms with Crippen molar-refractivity contribution in [2.24, 2.45) is 0 Å². The maximum Gasteiger partial charge on any atom is 0.254 e. The number of nitrogens with zero attached hydrogens (tertiary/aromatic N) is 2. The first kappa shape index (κ1) is 18.1. The van der Waals surface area contributed by atoms with Crippen LogP contribution >= 0.6 is 0 Å². The molecule has 1 unspecified atom stereocenters. The lowest BCUT2D eigenvalue weighted by Gasteiger charge is -2.26. The van der Waals surface area contributed by atoms with Crippen molar-refractivity contribution in [3.8, 4) is 0 Å². The number of rotatable bonds is 4. The second-order valence-electron chi connectivity index (χ2n) is 6.03. The number of carbonyl (C=O) groups excluding carboxylic acids is 1.